The number of rotatable bonds is 10. The topological polar surface area (TPSA) is 103 Å². The smallest absolute Gasteiger partial charge is 0.323 e. The van der Waals surface area contributed by atoms with E-state index in [1.54, 1.807) is 24.3 Å². The first-order valence-corrected chi connectivity index (χ1v) is 12.4. The minimum absolute atomic E-state index is 0.0917. The Bertz CT molecular complexity index is 1690. The summed E-state index contributed by atoms with van der Waals surface area (Å²) < 4.78 is 91.2. The Morgan fingerprint density at radius 1 is 0.884 bits per heavy atom. The van der Waals surface area contributed by atoms with Crippen molar-refractivity contribution in [1.29, 1.82) is 5.53 Å². The molecule has 0 aliphatic heterocycles. The maximum absolute atomic E-state index is 15.7. The summed E-state index contributed by atoms with van der Waals surface area (Å²) in [6.45, 7) is -0.902. The van der Waals surface area contributed by atoms with Crippen LogP contribution in [0.5, 0.6) is 5.75 Å². The summed E-state index contributed by atoms with van der Waals surface area (Å²) in [5.74, 6) is -2.85. The minimum atomic E-state index is -4.20. The number of ether oxygens (including phenoxy) is 1. The summed E-state index contributed by atoms with van der Waals surface area (Å²) in [4.78, 5) is 3.74. The monoisotopic (exact) mass is 597 g/mol. The van der Waals surface area contributed by atoms with E-state index in [0.717, 1.165) is 42.4 Å². The largest absolute Gasteiger partial charge is 0.489 e. The average molecular weight is 598 g/mol. The Labute approximate surface area is 241 Å². The maximum Gasteiger partial charge on any atom is 0.323 e. The van der Waals surface area contributed by atoms with Gasteiger partial charge in [0, 0.05) is 35.0 Å². The Morgan fingerprint density at radius 2 is 1.60 bits per heavy atom. The number of aromatic nitrogens is 1. The third-order valence-corrected chi connectivity index (χ3v) is 6.15. The summed E-state index contributed by atoms with van der Waals surface area (Å²) in [6.07, 6.45) is 1.81. The second-order valence-electron chi connectivity index (χ2n) is 9.03. The number of aliphatic hydroxyl groups is 1. The van der Waals surface area contributed by atoms with Crippen molar-refractivity contribution in [3.05, 3.63) is 130 Å². The van der Waals surface area contributed by atoms with Crippen molar-refractivity contribution < 1.29 is 36.2 Å². The van der Waals surface area contributed by atoms with Gasteiger partial charge in [-0.2, -0.15) is 14.3 Å². The second kappa shape index (κ2) is 13.2. The molecular weight excluding hydrogens is 576 g/mol. The molecule has 3 N–H and O–H groups in total. The minimum Gasteiger partial charge on any atom is -0.489 e. The summed E-state index contributed by atoms with van der Waals surface area (Å²) in [6, 6.07) is 13.9. The van der Waals surface area contributed by atoms with Crippen molar-refractivity contribution in [2.45, 2.75) is 18.1 Å². The number of alkyl halides is 2. The molecule has 0 aliphatic carbocycles. The lowest BCUT2D eigenvalue weighted by Crippen LogP contribution is -2.51. The zero-order valence-electron chi connectivity index (χ0n) is 22.0. The van der Waals surface area contributed by atoms with E-state index in [1.165, 1.54) is 12.1 Å². The van der Waals surface area contributed by atoms with Crippen LogP contribution in [0.1, 0.15) is 27.9 Å². The number of hydrogen-bond donors (Lipinski definition) is 3. The maximum atomic E-state index is 15.7. The van der Waals surface area contributed by atoms with Gasteiger partial charge in [0.05, 0.1) is 6.54 Å². The van der Waals surface area contributed by atoms with E-state index in [4.69, 9.17) is 10.3 Å². The normalized spacial score (nSPS) is 12.7. The van der Waals surface area contributed by atoms with Crippen LogP contribution in [0, 0.1) is 40.6 Å². The van der Waals surface area contributed by atoms with Gasteiger partial charge < -0.3 is 15.2 Å². The number of pyridine rings is 1. The summed E-state index contributed by atoms with van der Waals surface area (Å²) in [7, 11) is 0. The van der Waals surface area contributed by atoms with Gasteiger partial charge in [0.1, 0.15) is 36.0 Å². The predicted octanol–water partition coefficient (Wildman–Crippen LogP) is 6.16. The molecule has 1 heterocycles. The first-order chi connectivity index (χ1) is 20.5. The zero-order valence-corrected chi connectivity index (χ0v) is 22.0. The fourth-order valence-corrected chi connectivity index (χ4v) is 3.89. The molecule has 3 aromatic carbocycles. The van der Waals surface area contributed by atoms with Crippen LogP contribution in [0.2, 0.25) is 0 Å². The molecule has 4 aromatic rings. The number of nitrogens with zero attached hydrogens (tertiary/aromatic N) is 3. The lowest BCUT2D eigenvalue weighted by Gasteiger charge is -2.36. The quantitative estimate of drug-likeness (QED) is 0.0509. The molecular formula is C30H21F6N5O2. The molecule has 13 heteroatoms. The van der Waals surface area contributed by atoms with Crippen molar-refractivity contribution in [2.75, 3.05) is 6.54 Å². The molecule has 0 radical (unpaired) electrons. The average Bonchev–Trinajstić information content (AvgIpc) is 2.99. The highest BCUT2D eigenvalue weighted by molar-refractivity contribution is 5.54. The van der Waals surface area contributed by atoms with Gasteiger partial charge in [-0.1, -0.05) is 29.2 Å². The molecule has 7 nitrogen and oxygen atoms in total. The van der Waals surface area contributed by atoms with E-state index in [1.807, 2.05) is 0 Å². The molecule has 220 valence electrons. The fourth-order valence-electron chi connectivity index (χ4n) is 3.89. The zero-order chi connectivity index (χ0) is 31.0. The van der Waals surface area contributed by atoms with Crippen molar-refractivity contribution in [3.63, 3.8) is 0 Å². The Kier molecular flexibility index (Phi) is 9.42. The Morgan fingerprint density at radius 3 is 2.26 bits per heavy atom. The molecule has 43 heavy (non-hydrogen) atoms. The molecule has 0 aliphatic rings. The van der Waals surface area contributed by atoms with Gasteiger partial charge in [0.2, 0.25) is 0 Å². The van der Waals surface area contributed by atoms with Gasteiger partial charge >= 0.3 is 5.92 Å². The lowest BCUT2D eigenvalue weighted by atomic mass is 9.84. The molecule has 4 rings (SSSR count). The molecule has 1 aromatic heterocycles. The molecule has 0 saturated carbocycles. The molecule has 1 unspecified atom stereocenters. The number of nitrogens with one attached hydrogen (secondary N) is 2. The van der Waals surface area contributed by atoms with Crippen molar-refractivity contribution in [3.8, 4) is 17.6 Å². The fraction of sp³-hybridized carbons (Fsp3) is 0.133. The van der Waals surface area contributed by atoms with Crippen LogP contribution in [0.4, 0.5) is 26.3 Å². The van der Waals surface area contributed by atoms with Crippen LogP contribution in [0.25, 0.3) is 0 Å². The van der Waals surface area contributed by atoms with Crippen LogP contribution in [0.3, 0.4) is 0 Å². The molecule has 1 atom stereocenters. The molecule has 0 amide bonds. The molecule has 0 spiro atoms. The van der Waals surface area contributed by atoms with Crippen LogP contribution in [-0.2, 0) is 18.1 Å². The second-order valence-corrected chi connectivity index (χ2v) is 9.03. The van der Waals surface area contributed by atoms with Crippen LogP contribution in [0.15, 0.2) is 89.3 Å². The van der Waals surface area contributed by atoms with E-state index in [2.05, 4.69) is 32.5 Å². The van der Waals surface area contributed by atoms with Gasteiger partial charge in [0.25, 0.3) is 0 Å². The van der Waals surface area contributed by atoms with E-state index in [-0.39, 0.29) is 17.9 Å². The van der Waals surface area contributed by atoms with Gasteiger partial charge in [-0.15, -0.1) is 5.10 Å². The Balaban J connectivity index is 1.49. The van der Waals surface area contributed by atoms with Crippen molar-refractivity contribution in [2.24, 2.45) is 10.3 Å². The van der Waals surface area contributed by atoms with Gasteiger partial charge in [0.15, 0.2) is 17.2 Å². The van der Waals surface area contributed by atoms with E-state index < -0.39 is 52.6 Å². The SMILES string of the molecule is N=N/N=C\NCC(O)(c1ccc(F)cc1F)C(F)(F)c1ccc(C#Cc2ccc(COc3ccc(F)c(F)c3)cc2)cn1. The van der Waals surface area contributed by atoms with E-state index in [9.17, 15) is 22.7 Å². The predicted molar refractivity (Wildman–Crippen MR) is 143 cm³/mol. The van der Waals surface area contributed by atoms with Crippen LogP contribution < -0.4 is 10.1 Å². The standard InChI is InChI=1S/C30H21F6N5O2/c31-22-8-10-24(26(33)13-22)29(42,17-38-18-40-41-37)30(35,36)28-12-7-20(15-39-28)4-1-19-2-5-21(6-3-19)16-43-23-9-11-25(32)27(34)14-23/h2-3,5-15,18,42H,16-17H2,(H2,37,38,40). The van der Waals surface area contributed by atoms with Gasteiger partial charge in [-0.05, 0) is 54.1 Å². The van der Waals surface area contributed by atoms with Crippen molar-refractivity contribution in [1.82, 2.24) is 10.3 Å². The molecule has 0 saturated heterocycles. The van der Waals surface area contributed by atoms with Gasteiger partial charge in [-0.3, -0.25) is 4.98 Å². The molecule has 0 bridgehead atoms. The highest BCUT2D eigenvalue weighted by Gasteiger charge is 2.57. The highest BCUT2D eigenvalue weighted by Crippen LogP contribution is 2.45. The number of benzene rings is 3. The summed E-state index contributed by atoms with van der Waals surface area (Å²) in [5.41, 5.74) is 3.10. The third kappa shape index (κ3) is 7.17. The number of hydrogen-bond acceptors (Lipinski definition) is 5. The van der Waals surface area contributed by atoms with Crippen LogP contribution in [-0.4, -0.2) is 23.0 Å². The van der Waals surface area contributed by atoms with E-state index in [0.29, 0.717) is 17.7 Å². The Hall–Kier alpha value is -5.22. The van der Waals surface area contributed by atoms with Gasteiger partial charge in [-0.25, -0.2) is 17.6 Å². The lowest BCUT2D eigenvalue weighted by molar-refractivity contribution is -0.195. The number of halogens is 6. The molecule has 0 fully saturated rings. The van der Waals surface area contributed by atoms with Crippen LogP contribution >= 0.6 is 0 Å². The van der Waals surface area contributed by atoms with Crippen molar-refractivity contribution >= 4 is 6.34 Å². The first kappa shape index (κ1) is 30.7. The summed E-state index contributed by atoms with van der Waals surface area (Å²) in [5, 5.41) is 19.1. The third-order valence-electron chi connectivity index (χ3n) is 6.15. The summed E-state index contributed by atoms with van der Waals surface area (Å²) >= 11 is 0. The van der Waals surface area contributed by atoms with E-state index >= 15 is 8.78 Å². The first-order valence-electron chi connectivity index (χ1n) is 12.4. The highest BCUT2D eigenvalue weighted by atomic mass is 19.3.